The molecule has 0 spiro atoms. The fraction of sp³-hybridized carbons (Fsp3) is 0.312. The number of amides is 2. The maximum atomic E-state index is 13.2. The van der Waals surface area contributed by atoms with Crippen LogP contribution >= 0.6 is 0 Å². The maximum Gasteiger partial charge on any atom is 0.322 e. The van der Waals surface area contributed by atoms with Gasteiger partial charge in [-0.05, 0) is 43.2 Å². The van der Waals surface area contributed by atoms with Crippen molar-refractivity contribution < 1.29 is 9.18 Å². The van der Waals surface area contributed by atoms with E-state index in [0.717, 1.165) is 18.5 Å². The lowest BCUT2D eigenvalue weighted by Gasteiger charge is -2.23. The van der Waals surface area contributed by atoms with Crippen LogP contribution in [0.3, 0.4) is 0 Å². The van der Waals surface area contributed by atoms with E-state index >= 15 is 0 Å². The summed E-state index contributed by atoms with van der Waals surface area (Å²) in [6.45, 7) is 0.565. The molecule has 1 aromatic carbocycles. The molecular weight excluding hydrogens is 269 g/mol. The molecule has 110 valence electrons. The highest BCUT2D eigenvalue weighted by atomic mass is 19.1. The lowest BCUT2D eigenvalue weighted by atomic mass is 10.3. The molecule has 0 aliphatic heterocycles. The number of aryl methyl sites for hydroxylation is 1. The molecule has 0 unspecified atom stereocenters. The highest BCUT2D eigenvalue weighted by Gasteiger charge is 2.33. The van der Waals surface area contributed by atoms with Crippen LogP contribution in [0.4, 0.5) is 14.9 Å². The van der Waals surface area contributed by atoms with Gasteiger partial charge >= 0.3 is 6.03 Å². The van der Waals surface area contributed by atoms with Gasteiger partial charge < -0.3 is 14.8 Å². The summed E-state index contributed by atoms with van der Waals surface area (Å²) >= 11 is 0. The van der Waals surface area contributed by atoms with E-state index in [2.05, 4.69) is 5.32 Å². The summed E-state index contributed by atoms with van der Waals surface area (Å²) < 4.78 is 15.2. The van der Waals surface area contributed by atoms with Gasteiger partial charge in [-0.25, -0.2) is 9.18 Å². The zero-order valence-electron chi connectivity index (χ0n) is 11.9. The van der Waals surface area contributed by atoms with Crippen molar-refractivity contribution in [2.75, 3.05) is 5.32 Å². The first-order valence-corrected chi connectivity index (χ1v) is 7.07. The Bertz CT molecular complexity index is 648. The van der Waals surface area contributed by atoms with E-state index < -0.39 is 0 Å². The average Bonchev–Trinajstić information content (AvgIpc) is 3.20. The minimum atomic E-state index is -0.354. The van der Waals surface area contributed by atoms with Crippen molar-refractivity contribution in [1.29, 1.82) is 0 Å². The first-order chi connectivity index (χ1) is 10.1. The molecule has 5 heteroatoms. The Morgan fingerprint density at radius 2 is 2.19 bits per heavy atom. The third-order valence-corrected chi connectivity index (χ3v) is 3.71. The predicted octanol–water partition coefficient (Wildman–Crippen LogP) is 3.36. The summed E-state index contributed by atoms with van der Waals surface area (Å²) in [5, 5.41) is 2.77. The number of hydrogen-bond acceptors (Lipinski definition) is 1. The number of nitrogens with one attached hydrogen (secondary N) is 1. The van der Waals surface area contributed by atoms with Gasteiger partial charge in [0.1, 0.15) is 5.82 Å². The molecule has 1 heterocycles. The third-order valence-electron chi connectivity index (χ3n) is 3.71. The van der Waals surface area contributed by atoms with Gasteiger partial charge in [-0.3, -0.25) is 0 Å². The molecule has 1 saturated carbocycles. The topological polar surface area (TPSA) is 37.3 Å². The fourth-order valence-electron chi connectivity index (χ4n) is 2.35. The number of aromatic nitrogens is 1. The molecule has 2 amide bonds. The van der Waals surface area contributed by atoms with Crippen LogP contribution in [-0.2, 0) is 13.6 Å². The van der Waals surface area contributed by atoms with Gasteiger partial charge in [-0.15, -0.1) is 0 Å². The highest BCUT2D eigenvalue weighted by Crippen LogP contribution is 2.29. The molecule has 1 aromatic heterocycles. The van der Waals surface area contributed by atoms with E-state index in [-0.39, 0.29) is 17.9 Å². The maximum absolute atomic E-state index is 13.2. The number of rotatable bonds is 4. The van der Waals surface area contributed by atoms with Crippen molar-refractivity contribution in [3.8, 4) is 0 Å². The van der Waals surface area contributed by atoms with Crippen molar-refractivity contribution in [2.24, 2.45) is 7.05 Å². The number of urea groups is 1. The molecule has 1 fully saturated rings. The first kappa shape index (κ1) is 13.7. The summed E-state index contributed by atoms with van der Waals surface area (Å²) in [6.07, 6.45) is 4.02. The monoisotopic (exact) mass is 287 g/mol. The molecule has 1 aliphatic carbocycles. The Labute approximate surface area is 123 Å². The zero-order chi connectivity index (χ0) is 14.8. The van der Waals surface area contributed by atoms with Crippen molar-refractivity contribution in [1.82, 2.24) is 9.47 Å². The van der Waals surface area contributed by atoms with E-state index in [0.29, 0.717) is 12.2 Å². The van der Waals surface area contributed by atoms with Gasteiger partial charge in [0.05, 0.1) is 6.54 Å². The summed E-state index contributed by atoms with van der Waals surface area (Å²) in [6, 6.07) is 10.0. The molecular formula is C16H18FN3O. The Balaban J connectivity index is 1.72. The van der Waals surface area contributed by atoms with Crippen molar-refractivity contribution in [2.45, 2.75) is 25.4 Å². The minimum absolute atomic E-state index is 0.177. The minimum Gasteiger partial charge on any atom is -0.353 e. The van der Waals surface area contributed by atoms with E-state index in [4.69, 9.17) is 0 Å². The number of halogens is 1. The molecule has 0 radical (unpaired) electrons. The molecule has 2 aromatic rings. The quantitative estimate of drug-likeness (QED) is 0.920. The van der Waals surface area contributed by atoms with E-state index in [9.17, 15) is 9.18 Å². The molecule has 21 heavy (non-hydrogen) atoms. The highest BCUT2D eigenvalue weighted by molar-refractivity contribution is 5.89. The Kier molecular flexibility index (Phi) is 3.64. The number of nitrogens with zero attached hydrogens (tertiary/aromatic N) is 2. The summed E-state index contributed by atoms with van der Waals surface area (Å²) in [5.41, 5.74) is 1.56. The van der Waals surface area contributed by atoms with Gasteiger partial charge in [0.15, 0.2) is 0 Å². The summed E-state index contributed by atoms with van der Waals surface area (Å²) in [7, 11) is 1.96. The van der Waals surface area contributed by atoms with Crippen LogP contribution in [-0.4, -0.2) is 21.5 Å². The second-order valence-electron chi connectivity index (χ2n) is 5.41. The average molecular weight is 287 g/mol. The lowest BCUT2D eigenvalue weighted by molar-refractivity contribution is 0.205. The molecule has 0 bridgehead atoms. The third kappa shape index (κ3) is 3.24. The van der Waals surface area contributed by atoms with Crippen molar-refractivity contribution in [3.63, 3.8) is 0 Å². The molecule has 4 nitrogen and oxygen atoms in total. The van der Waals surface area contributed by atoms with Crippen LogP contribution < -0.4 is 5.32 Å². The molecule has 0 saturated heterocycles. The fourth-order valence-corrected chi connectivity index (χ4v) is 2.35. The zero-order valence-corrected chi connectivity index (χ0v) is 11.9. The van der Waals surface area contributed by atoms with E-state index in [1.54, 1.807) is 12.1 Å². The predicted molar refractivity (Wildman–Crippen MR) is 79.4 cm³/mol. The lowest BCUT2D eigenvalue weighted by Crippen LogP contribution is -2.36. The molecule has 3 rings (SSSR count). The number of carbonyl (C=O) groups is 1. The van der Waals surface area contributed by atoms with Crippen LogP contribution in [0.1, 0.15) is 18.5 Å². The SMILES string of the molecule is Cn1cccc1CN(C(=O)Nc1cccc(F)c1)C1CC1. The normalized spacial score (nSPS) is 14.0. The first-order valence-electron chi connectivity index (χ1n) is 7.07. The van der Waals surface area contributed by atoms with Crippen LogP contribution in [0.25, 0.3) is 0 Å². The number of anilines is 1. The molecule has 1 aliphatic rings. The standard InChI is InChI=1S/C16H18FN3O/c1-19-9-3-6-15(19)11-20(14-7-8-14)16(21)18-13-5-2-4-12(17)10-13/h2-6,9-10,14H,7-8,11H2,1H3,(H,18,21). The van der Waals surface area contributed by atoms with E-state index in [1.807, 2.05) is 34.8 Å². The van der Waals surface area contributed by atoms with E-state index in [1.165, 1.54) is 12.1 Å². The molecule has 1 N–H and O–H groups in total. The van der Waals surface area contributed by atoms with Crippen molar-refractivity contribution >= 4 is 11.7 Å². The second kappa shape index (κ2) is 5.60. The van der Waals surface area contributed by atoms with Crippen LogP contribution in [0.15, 0.2) is 42.6 Å². The Morgan fingerprint density at radius 1 is 1.38 bits per heavy atom. The van der Waals surface area contributed by atoms with Gasteiger partial charge in [-0.2, -0.15) is 0 Å². The largest absolute Gasteiger partial charge is 0.353 e. The summed E-state index contributed by atoms with van der Waals surface area (Å²) in [5.74, 6) is -0.354. The molecule has 0 atom stereocenters. The van der Waals surface area contributed by atoms with Crippen LogP contribution in [0, 0.1) is 5.82 Å². The number of hydrogen-bond donors (Lipinski definition) is 1. The van der Waals surface area contributed by atoms with Gasteiger partial charge in [0.25, 0.3) is 0 Å². The Hall–Kier alpha value is -2.30. The van der Waals surface area contributed by atoms with Crippen LogP contribution in [0.2, 0.25) is 0 Å². The Morgan fingerprint density at radius 3 is 2.81 bits per heavy atom. The summed E-state index contributed by atoms with van der Waals surface area (Å²) in [4.78, 5) is 14.2. The smallest absolute Gasteiger partial charge is 0.322 e. The van der Waals surface area contributed by atoms with Gasteiger partial charge in [-0.1, -0.05) is 6.07 Å². The van der Waals surface area contributed by atoms with Crippen molar-refractivity contribution in [3.05, 3.63) is 54.1 Å². The van der Waals surface area contributed by atoms with Gasteiger partial charge in [0, 0.05) is 30.7 Å². The van der Waals surface area contributed by atoms with Crippen LogP contribution in [0.5, 0.6) is 0 Å². The van der Waals surface area contributed by atoms with Gasteiger partial charge in [0.2, 0.25) is 0 Å². The number of carbonyl (C=O) groups excluding carboxylic acids is 1. The second-order valence-corrected chi connectivity index (χ2v) is 5.41. The number of benzene rings is 1.